The molecule has 0 aliphatic rings. The van der Waals surface area contributed by atoms with E-state index in [1.54, 1.807) is 31.2 Å². The molecule has 2 heterocycles. The van der Waals surface area contributed by atoms with Gasteiger partial charge in [-0.1, -0.05) is 29.8 Å². The van der Waals surface area contributed by atoms with Crippen LogP contribution < -0.4 is 15.5 Å². The second kappa shape index (κ2) is 7.39. The maximum Gasteiger partial charge on any atom is 0.253 e. The molecule has 2 aromatic heterocycles. The maximum absolute atomic E-state index is 13.0. The van der Waals surface area contributed by atoms with Crippen molar-refractivity contribution in [3.05, 3.63) is 81.1 Å². The van der Waals surface area contributed by atoms with Crippen LogP contribution in [0.1, 0.15) is 27.2 Å². The number of amides is 1. The zero-order valence-electron chi connectivity index (χ0n) is 16.4. The van der Waals surface area contributed by atoms with Crippen molar-refractivity contribution in [2.75, 3.05) is 7.11 Å². The molecule has 0 saturated heterocycles. The number of carbonyl (C=O) groups is 1. The lowest BCUT2D eigenvalue weighted by Gasteiger charge is -2.09. The van der Waals surface area contributed by atoms with Crippen LogP contribution in [0.4, 0.5) is 0 Å². The normalized spacial score (nSPS) is 11.0. The summed E-state index contributed by atoms with van der Waals surface area (Å²) in [5.74, 6) is 0.267. The Balaban J connectivity index is 1.72. The lowest BCUT2D eigenvalue weighted by Crippen LogP contribution is -2.24. The van der Waals surface area contributed by atoms with Gasteiger partial charge in [-0.2, -0.15) is 0 Å². The van der Waals surface area contributed by atoms with Gasteiger partial charge in [-0.25, -0.2) is 4.98 Å². The minimum absolute atomic E-state index is 0.209. The summed E-state index contributed by atoms with van der Waals surface area (Å²) < 4.78 is 11.0. The van der Waals surface area contributed by atoms with Crippen LogP contribution in [0.2, 0.25) is 0 Å². The number of methoxy groups -OCH3 is 1. The number of hydrogen-bond donors (Lipinski definition) is 1. The van der Waals surface area contributed by atoms with E-state index in [1.165, 1.54) is 7.11 Å². The van der Waals surface area contributed by atoms with Gasteiger partial charge in [0.15, 0.2) is 0 Å². The second-order valence-corrected chi connectivity index (χ2v) is 6.94. The van der Waals surface area contributed by atoms with Crippen molar-refractivity contribution in [1.29, 1.82) is 0 Å². The highest BCUT2D eigenvalue weighted by molar-refractivity contribution is 5.99. The first-order chi connectivity index (χ1) is 14.0. The van der Waals surface area contributed by atoms with Crippen molar-refractivity contribution >= 4 is 28.0 Å². The Morgan fingerprint density at radius 3 is 2.55 bits per heavy atom. The van der Waals surface area contributed by atoms with Crippen LogP contribution in [0.25, 0.3) is 22.1 Å². The van der Waals surface area contributed by atoms with Crippen LogP contribution in [-0.4, -0.2) is 18.0 Å². The number of benzene rings is 2. The molecule has 0 aliphatic heterocycles. The quantitative estimate of drug-likeness (QED) is 0.536. The second-order valence-electron chi connectivity index (χ2n) is 6.94. The van der Waals surface area contributed by atoms with Gasteiger partial charge in [-0.05, 0) is 43.7 Å². The number of fused-ring (bicyclic) bond motifs is 2. The van der Waals surface area contributed by atoms with E-state index in [0.29, 0.717) is 34.5 Å². The van der Waals surface area contributed by atoms with E-state index in [1.807, 2.05) is 31.2 Å². The van der Waals surface area contributed by atoms with E-state index in [2.05, 4.69) is 10.3 Å². The van der Waals surface area contributed by atoms with Crippen LogP contribution in [-0.2, 0) is 6.54 Å². The van der Waals surface area contributed by atoms with Crippen molar-refractivity contribution in [3.8, 4) is 5.75 Å². The Labute approximate surface area is 167 Å². The fourth-order valence-electron chi connectivity index (χ4n) is 3.19. The largest absolute Gasteiger partial charge is 0.497 e. The molecule has 1 amide bonds. The number of rotatable bonds is 4. The van der Waals surface area contributed by atoms with Gasteiger partial charge in [0.1, 0.15) is 11.3 Å². The Bertz CT molecular complexity index is 1290. The highest BCUT2D eigenvalue weighted by Crippen LogP contribution is 2.23. The van der Waals surface area contributed by atoms with Gasteiger partial charge in [0.2, 0.25) is 11.1 Å². The van der Waals surface area contributed by atoms with E-state index in [4.69, 9.17) is 9.15 Å². The molecule has 0 saturated carbocycles. The van der Waals surface area contributed by atoms with Gasteiger partial charge >= 0.3 is 0 Å². The summed E-state index contributed by atoms with van der Waals surface area (Å²) in [6.45, 7) is 4.12. The topological polar surface area (TPSA) is 81.4 Å². The van der Waals surface area contributed by atoms with Gasteiger partial charge in [0, 0.05) is 6.54 Å². The molecule has 0 spiro atoms. The summed E-state index contributed by atoms with van der Waals surface area (Å²) in [5.41, 5.74) is 3.37. The molecule has 0 bridgehead atoms. The van der Waals surface area contributed by atoms with Gasteiger partial charge in [-0.3, -0.25) is 9.59 Å². The standard InChI is InChI=1S/C23H20N2O4/c1-13-4-6-15(7-5-13)12-24-22(27)17-11-19-21(26)18-10-16(28-3)8-9-20(18)29-23(19)25-14(17)2/h4-11H,12H2,1-3H3,(H,24,27). The highest BCUT2D eigenvalue weighted by Gasteiger charge is 2.16. The zero-order chi connectivity index (χ0) is 20.5. The summed E-state index contributed by atoms with van der Waals surface area (Å²) in [4.78, 5) is 30.0. The predicted molar refractivity (Wildman–Crippen MR) is 111 cm³/mol. The lowest BCUT2D eigenvalue weighted by molar-refractivity contribution is 0.0950. The molecular weight excluding hydrogens is 368 g/mol. The van der Waals surface area contributed by atoms with Crippen LogP contribution in [0.15, 0.2) is 57.7 Å². The fraction of sp³-hybridized carbons (Fsp3) is 0.174. The van der Waals surface area contributed by atoms with E-state index in [-0.39, 0.29) is 22.4 Å². The van der Waals surface area contributed by atoms with Crippen LogP contribution >= 0.6 is 0 Å². The van der Waals surface area contributed by atoms with Crippen LogP contribution in [0, 0.1) is 13.8 Å². The van der Waals surface area contributed by atoms with Gasteiger partial charge in [0.25, 0.3) is 5.91 Å². The summed E-state index contributed by atoms with van der Waals surface area (Å²) in [6, 6.07) is 14.5. The number of aryl methyl sites for hydroxylation is 2. The maximum atomic E-state index is 13.0. The monoisotopic (exact) mass is 388 g/mol. The van der Waals surface area contributed by atoms with Crippen LogP contribution in [0.3, 0.4) is 0 Å². The molecule has 1 N–H and O–H groups in total. The Morgan fingerprint density at radius 1 is 1.07 bits per heavy atom. The first-order valence-corrected chi connectivity index (χ1v) is 9.22. The number of hydrogen-bond acceptors (Lipinski definition) is 5. The molecular formula is C23H20N2O4. The number of nitrogens with one attached hydrogen (secondary N) is 1. The average molecular weight is 388 g/mol. The summed E-state index contributed by atoms with van der Waals surface area (Å²) in [6.07, 6.45) is 0. The predicted octanol–water partition coefficient (Wildman–Crippen LogP) is 3.90. The first-order valence-electron chi connectivity index (χ1n) is 9.22. The smallest absolute Gasteiger partial charge is 0.253 e. The van der Waals surface area contributed by atoms with Crippen LogP contribution in [0.5, 0.6) is 5.75 Å². The molecule has 6 nitrogen and oxygen atoms in total. The van der Waals surface area contributed by atoms with Crippen molar-refractivity contribution in [3.63, 3.8) is 0 Å². The summed E-state index contributed by atoms with van der Waals surface area (Å²) in [7, 11) is 1.53. The van der Waals surface area contributed by atoms with E-state index >= 15 is 0 Å². The Kier molecular flexibility index (Phi) is 4.76. The molecule has 0 atom stereocenters. The third-order valence-electron chi connectivity index (χ3n) is 4.88. The molecule has 2 aromatic carbocycles. The van der Waals surface area contributed by atoms with Gasteiger partial charge in [-0.15, -0.1) is 0 Å². The average Bonchev–Trinajstić information content (AvgIpc) is 2.72. The molecule has 4 rings (SSSR count). The minimum Gasteiger partial charge on any atom is -0.497 e. The molecule has 146 valence electrons. The molecule has 0 radical (unpaired) electrons. The Morgan fingerprint density at radius 2 is 1.83 bits per heavy atom. The SMILES string of the molecule is COc1ccc2oc3nc(C)c(C(=O)NCc4ccc(C)cc4)cc3c(=O)c2c1. The minimum atomic E-state index is -0.289. The fourth-order valence-corrected chi connectivity index (χ4v) is 3.19. The molecule has 6 heteroatoms. The summed E-state index contributed by atoms with van der Waals surface area (Å²) in [5, 5.41) is 3.53. The van der Waals surface area contributed by atoms with Crippen molar-refractivity contribution in [1.82, 2.24) is 10.3 Å². The van der Waals surface area contributed by atoms with E-state index < -0.39 is 0 Å². The molecule has 0 fully saturated rings. The third kappa shape index (κ3) is 3.57. The number of nitrogens with zero attached hydrogens (tertiary/aromatic N) is 1. The van der Waals surface area contributed by atoms with E-state index in [9.17, 15) is 9.59 Å². The number of pyridine rings is 1. The molecule has 0 aliphatic carbocycles. The molecule has 4 aromatic rings. The third-order valence-corrected chi connectivity index (χ3v) is 4.88. The van der Waals surface area contributed by atoms with E-state index in [0.717, 1.165) is 11.1 Å². The van der Waals surface area contributed by atoms with Gasteiger partial charge in [0.05, 0.1) is 29.1 Å². The first kappa shape index (κ1) is 18.7. The number of carbonyl (C=O) groups excluding carboxylic acids is 1. The summed E-state index contributed by atoms with van der Waals surface area (Å²) >= 11 is 0. The van der Waals surface area contributed by atoms with Crippen molar-refractivity contribution in [2.45, 2.75) is 20.4 Å². The zero-order valence-corrected chi connectivity index (χ0v) is 16.4. The molecule has 0 unspecified atom stereocenters. The van der Waals surface area contributed by atoms with Gasteiger partial charge < -0.3 is 14.5 Å². The Hall–Kier alpha value is -3.67. The number of aromatic nitrogens is 1. The van der Waals surface area contributed by atoms with Crippen molar-refractivity contribution in [2.24, 2.45) is 0 Å². The number of ether oxygens (including phenoxy) is 1. The molecule has 29 heavy (non-hydrogen) atoms. The van der Waals surface area contributed by atoms with Crippen molar-refractivity contribution < 1.29 is 13.9 Å². The highest BCUT2D eigenvalue weighted by atomic mass is 16.5. The lowest BCUT2D eigenvalue weighted by atomic mass is 10.1.